The van der Waals surface area contributed by atoms with Crippen molar-refractivity contribution in [3.05, 3.63) is 82.8 Å². The molecule has 0 bridgehead atoms. The number of halogens is 3. The summed E-state index contributed by atoms with van der Waals surface area (Å²) in [6.07, 6.45) is 1.56. The molecule has 0 spiro atoms. The summed E-state index contributed by atoms with van der Waals surface area (Å²) in [6, 6.07) is 9.81. The summed E-state index contributed by atoms with van der Waals surface area (Å²) in [6.45, 7) is 1.34. The van der Waals surface area contributed by atoms with Crippen molar-refractivity contribution in [2.24, 2.45) is 0 Å². The molecule has 3 aromatic rings. The topological polar surface area (TPSA) is 84.0 Å². The second kappa shape index (κ2) is 9.76. The van der Waals surface area contributed by atoms with E-state index in [9.17, 15) is 22.8 Å². The summed E-state index contributed by atoms with van der Waals surface area (Å²) in [5.74, 6) is -3.23. The van der Waals surface area contributed by atoms with Gasteiger partial charge in [-0.2, -0.15) is 0 Å². The van der Waals surface area contributed by atoms with E-state index in [4.69, 9.17) is 9.47 Å². The number of anilines is 1. The van der Waals surface area contributed by atoms with E-state index in [1.165, 1.54) is 4.90 Å². The van der Waals surface area contributed by atoms with Crippen molar-refractivity contribution in [2.75, 3.05) is 37.9 Å². The second-order valence-corrected chi connectivity index (χ2v) is 8.27. The zero-order chi connectivity index (χ0) is 25.2. The molecule has 1 fully saturated rings. The molecule has 3 heterocycles. The molecule has 36 heavy (non-hydrogen) atoms. The first-order valence-electron chi connectivity index (χ1n) is 11.2. The summed E-state index contributed by atoms with van der Waals surface area (Å²) in [7, 11) is 0. The number of piperazine rings is 1. The lowest BCUT2D eigenvalue weighted by Gasteiger charge is -2.36. The smallest absolute Gasteiger partial charge is 0.257 e. The minimum atomic E-state index is -1.41. The van der Waals surface area contributed by atoms with Gasteiger partial charge < -0.3 is 24.6 Å². The Morgan fingerprint density at radius 1 is 0.944 bits per heavy atom. The highest BCUT2D eigenvalue weighted by atomic mass is 19.2. The summed E-state index contributed by atoms with van der Waals surface area (Å²) < 4.78 is 51.8. The molecule has 1 N–H and O–H groups in total. The van der Waals surface area contributed by atoms with E-state index < -0.39 is 28.9 Å². The number of pyridine rings is 1. The van der Waals surface area contributed by atoms with Crippen LogP contribution in [0.15, 0.2) is 48.7 Å². The van der Waals surface area contributed by atoms with Gasteiger partial charge in [0.25, 0.3) is 11.8 Å². The second-order valence-electron chi connectivity index (χ2n) is 8.27. The van der Waals surface area contributed by atoms with Gasteiger partial charge in [0.1, 0.15) is 11.6 Å². The average molecular weight is 498 g/mol. The lowest BCUT2D eigenvalue weighted by Crippen LogP contribution is -2.49. The van der Waals surface area contributed by atoms with E-state index >= 15 is 0 Å². The van der Waals surface area contributed by atoms with Crippen molar-refractivity contribution in [2.45, 2.75) is 6.54 Å². The lowest BCUT2D eigenvalue weighted by atomic mass is 10.1. The molecule has 1 saturated heterocycles. The molecule has 0 saturated carbocycles. The van der Waals surface area contributed by atoms with Crippen LogP contribution in [0.25, 0.3) is 0 Å². The molecule has 5 rings (SSSR count). The highest BCUT2D eigenvalue weighted by Crippen LogP contribution is 2.32. The van der Waals surface area contributed by atoms with Gasteiger partial charge in [-0.1, -0.05) is 6.07 Å². The minimum absolute atomic E-state index is 0.158. The zero-order valence-corrected chi connectivity index (χ0v) is 19.0. The Bertz CT molecular complexity index is 1330. The van der Waals surface area contributed by atoms with E-state index in [0.29, 0.717) is 48.1 Å². The fourth-order valence-corrected chi connectivity index (χ4v) is 4.16. The molecular formula is C25H21F3N4O4. The van der Waals surface area contributed by atoms with Crippen LogP contribution in [-0.4, -0.2) is 54.7 Å². The number of benzene rings is 2. The van der Waals surface area contributed by atoms with Crippen molar-refractivity contribution in [3.63, 3.8) is 0 Å². The SMILES string of the molecule is O=C(NCc1ccc2c(c1)OCO2)c1cccnc1N1CCN(C(=O)c2cc(F)cc(F)c2F)CC1. The average Bonchev–Trinajstić information content (AvgIpc) is 3.37. The molecule has 1 aromatic heterocycles. The van der Waals surface area contributed by atoms with Crippen molar-refractivity contribution in [3.8, 4) is 11.5 Å². The molecule has 11 heteroatoms. The molecule has 0 atom stereocenters. The number of nitrogens with zero attached hydrogens (tertiary/aromatic N) is 3. The standard InChI is InChI=1S/C25H21F3N4O4/c26-16-11-18(22(28)19(27)12-16)25(34)32-8-6-31(7-9-32)23-17(2-1-5-29-23)24(33)30-13-15-3-4-20-21(10-15)36-14-35-20/h1-5,10-12H,6-9,13-14H2,(H,30,33). The van der Waals surface area contributed by atoms with E-state index in [0.717, 1.165) is 5.56 Å². The number of amides is 2. The molecule has 0 unspecified atom stereocenters. The lowest BCUT2D eigenvalue weighted by molar-refractivity contribution is 0.0739. The van der Waals surface area contributed by atoms with Gasteiger partial charge in [0, 0.05) is 45.0 Å². The first kappa shape index (κ1) is 23.5. The van der Waals surface area contributed by atoms with Crippen LogP contribution >= 0.6 is 0 Å². The molecule has 2 aromatic carbocycles. The predicted molar refractivity (Wildman–Crippen MR) is 122 cm³/mol. The summed E-state index contributed by atoms with van der Waals surface area (Å²) >= 11 is 0. The normalized spacial score (nSPS) is 14.6. The van der Waals surface area contributed by atoms with Gasteiger partial charge in [0.05, 0.1) is 11.1 Å². The van der Waals surface area contributed by atoms with Crippen molar-refractivity contribution < 1.29 is 32.2 Å². The van der Waals surface area contributed by atoms with E-state index in [-0.39, 0.29) is 32.3 Å². The number of hydrogen-bond acceptors (Lipinski definition) is 6. The molecule has 0 radical (unpaired) electrons. The summed E-state index contributed by atoms with van der Waals surface area (Å²) in [5.41, 5.74) is 0.546. The quantitative estimate of drug-likeness (QED) is 0.545. The predicted octanol–water partition coefficient (Wildman–Crippen LogP) is 3.12. The Morgan fingerprint density at radius 3 is 2.53 bits per heavy atom. The molecule has 2 aliphatic rings. The minimum Gasteiger partial charge on any atom is -0.454 e. The number of carbonyl (C=O) groups is 2. The van der Waals surface area contributed by atoms with Gasteiger partial charge in [-0.05, 0) is 35.9 Å². The van der Waals surface area contributed by atoms with E-state index in [1.807, 2.05) is 11.0 Å². The van der Waals surface area contributed by atoms with Gasteiger partial charge in [-0.3, -0.25) is 9.59 Å². The molecule has 8 nitrogen and oxygen atoms in total. The van der Waals surface area contributed by atoms with E-state index in [1.54, 1.807) is 30.5 Å². The number of hydrogen-bond donors (Lipinski definition) is 1. The van der Waals surface area contributed by atoms with Crippen molar-refractivity contribution in [1.82, 2.24) is 15.2 Å². The first-order valence-corrected chi connectivity index (χ1v) is 11.2. The van der Waals surface area contributed by atoms with Gasteiger partial charge >= 0.3 is 0 Å². The largest absolute Gasteiger partial charge is 0.454 e. The number of aromatic nitrogens is 1. The van der Waals surface area contributed by atoms with Crippen LogP contribution < -0.4 is 19.7 Å². The number of rotatable bonds is 5. The highest BCUT2D eigenvalue weighted by molar-refractivity contribution is 5.99. The van der Waals surface area contributed by atoms with Crippen LogP contribution in [0.1, 0.15) is 26.3 Å². The number of ether oxygens (including phenoxy) is 2. The third-order valence-electron chi connectivity index (χ3n) is 6.01. The molecule has 186 valence electrons. The number of carbonyl (C=O) groups excluding carboxylic acids is 2. The third kappa shape index (κ3) is 4.64. The Morgan fingerprint density at radius 2 is 1.72 bits per heavy atom. The van der Waals surface area contributed by atoms with Crippen LogP contribution in [0, 0.1) is 17.5 Å². The van der Waals surface area contributed by atoms with Crippen LogP contribution in [0.4, 0.5) is 19.0 Å². The van der Waals surface area contributed by atoms with Crippen LogP contribution in [0.2, 0.25) is 0 Å². The highest BCUT2D eigenvalue weighted by Gasteiger charge is 2.28. The van der Waals surface area contributed by atoms with Crippen LogP contribution in [0.3, 0.4) is 0 Å². The van der Waals surface area contributed by atoms with Gasteiger partial charge in [-0.25, -0.2) is 18.2 Å². The maximum atomic E-state index is 14.1. The van der Waals surface area contributed by atoms with Crippen molar-refractivity contribution in [1.29, 1.82) is 0 Å². The molecule has 2 amide bonds. The summed E-state index contributed by atoms with van der Waals surface area (Å²) in [5, 5.41) is 2.87. The fourth-order valence-electron chi connectivity index (χ4n) is 4.16. The maximum absolute atomic E-state index is 14.1. The Hall–Kier alpha value is -4.28. The molecule has 0 aliphatic carbocycles. The van der Waals surface area contributed by atoms with E-state index in [2.05, 4.69) is 10.3 Å². The fraction of sp³-hybridized carbons (Fsp3) is 0.240. The van der Waals surface area contributed by atoms with Crippen LogP contribution in [0.5, 0.6) is 11.5 Å². The van der Waals surface area contributed by atoms with Gasteiger partial charge in [-0.15, -0.1) is 0 Å². The first-order chi connectivity index (χ1) is 17.4. The molecular weight excluding hydrogens is 477 g/mol. The zero-order valence-electron chi connectivity index (χ0n) is 19.0. The maximum Gasteiger partial charge on any atom is 0.257 e. The number of fused-ring (bicyclic) bond motifs is 1. The summed E-state index contributed by atoms with van der Waals surface area (Å²) in [4.78, 5) is 33.1. The molecule has 2 aliphatic heterocycles. The van der Waals surface area contributed by atoms with Crippen LogP contribution in [-0.2, 0) is 6.54 Å². The monoisotopic (exact) mass is 498 g/mol. The Balaban J connectivity index is 1.24. The van der Waals surface area contributed by atoms with Gasteiger partial charge in [0.15, 0.2) is 23.1 Å². The Labute approximate surface area is 204 Å². The van der Waals surface area contributed by atoms with Gasteiger partial charge in [0.2, 0.25) is 6.79 Å². The number of nitrogens with one attached hydrogen (secondary N) is 1. The Kier molecular flexibility index (Phi) is 6.36. The van der Waals surface area contributed by atoms with Crippen molar-refractivity contribution >= 4 is 17.6 Å². The third-order valence-corrected chi connectivity index (χ3v) is 6.01.